The molecule has 0 aromatic heterocycles. The van der Waals surface area contributed by atoms with Gasteiger partial charge in [0.15, 0.2) is 0 Å². The minimum absolute atomic E-state index is 0.00466. The topological polar surface area (TPSA) is 133 Å². The van der Waals surface area contributed by atoms with Crippen LogP contribution in [0.4, 0.5) is 13.2 Å². The summed E-state index contributed by atoms with van der Waals surface area (Å²) in [6, 6.07) is 8.04. The van der Waals surface area contributed by atoms with Crippen molar-refractivity contribution in [2.75, 3.05) is 6.61 Å². The van der Waals surface area contributed by atoms with Crippen LogP contribution in [0.25, 0.3) is 0 Å². The van der Waals surface area contributed by atoms with Crippen molar-refractivity contribution in [3.8, 4) is 17.6 Å². The van der Waals surface area contributed by atoms with Crippen molar-refractivity contribution in [1.82, 2.24) is 4.72 Å². The molecule has 0 aliphatic rings. The highest BCUT2D eigenvalue weighted by Crippen LogP contribution is 2.25. The smallest absolute Gasteiger partial charge is 0.392 e. The molecule has 13 heteroatoms. The molecule has 3 N–H and O–H groups in total. The second-order valence-electron chi connectivity index (χ2n) is 7.81. The fraction of sp³-hybridized carbons (Fsp3) is 0.348. The van der Waals surface area contributed by atoms with Gasteiger partial charge in [-0.05, 0) is 36.8 Å². The second kappa shape index (κ2) is 11.8. The number of hydrogen-bond acceptors (Lipinski definition) is 6. The normalized spacial score (nSPS) is 12.8. The average molecular weight is 547 g/mol. The Morgan fingerprint density at radius 1 is 1.11 bits per heavy atom. The highest BCUT2D eigenvalue weighted by molar-refractivity contribution is 7.92. The van der Waals surface area contributed by atoms with Gasteiger partial charge in [-0.1, -0.05) is 44.2 Å². The molecule has 0 aliphatic carbocycles. The van der Waals surface area contributed by atoms with Crippen molar-refractivity contribution in [3.63, 3.8) is 0 Å². The predicted molar refractivity (Wildman–Crippen MR) is 126 cm³/mol. The van der Waals surface area contributed by atoms with E-state index in [9.17, 15) is 34.8 Å². The molecule has 2 aromatic carbocycles. The van der Waals surface area contributed by atoms with Crippen LogP contribution in [0.15, 0.2) is 52.3 Å². The fourth-order valence-electron chi connectivity index (χ4n) is 3.01. The third kappa shape index (κ3) is 8.54. The molecule has 0 radical (unpaired) electrons. The molecule has 1 unspecified atom stereocenters. The zero-order chi connectivity index (χ0) is 27.1. The first-order valence-corrected chi connectivity index (χ1v) is 13.7. The van der Waals surface area contributed by atoms with Gasteiger partial charge in [-0.2, -0.15) is 13.2 Å². The number of amides is 1. The molecule has 1 atom stereocenters. The third-order valence-electron chi connectivity index (χ3n) is 4.73. The van der Waals surface area contributed by atoms with E-state index in [1.165, 1.54) is 24.3 Å². The van der Waals surface area contributed by atoms with Crippen molar-refractivity contribution >= 4 is 26.0 Å². The number of rotatable bonds is 9. The number of ether oxygens (including phenoxy) is 1. The van der Waals surface area contributed by atoms with Crippen molar-refractivity contribution in [1.29, 1.82) is 0 Å². The second-order valence-corrected chi connectivity index (χ2v) is 11.0. The van der Waals surface area contributed by atoms with Crippen LogP contribution < -0.4 is 14.6 Å². The Balaban J connectivity index is 2.39. The molecule has 0 saturated carbocycles. The maximum atomic E-state index is 12.7. The highest BCUT2D eigenvalue weighted by Gasteiger charge is 2.28. The van der Waals surface area contributed by atoms with Crippen LogP contribution in [0, 0.1) is 17.8 Å². The fourth-order valence-corrected chi connectivity index (χ4v) is 5.37. The van der Waals surface area contributed by atoms with E-state index in [1.807, 2.05) is 13.8 Å². The highest BCUT2D eigenvalue weighted by atomic mass is 32.2. The SMILES string of the molecule is CCCC(C)C#Cc1ccc(C(=O)NS(=O)(=O)c2ccccc2S(N)(=O)=O)cc1OCCC(F)(F)F. The Morgan fingerprint density at radius 2 is 1.75 bits per heavy atom. The van der Waals surface area contributed by atoms with E-state index in [2.05, 4.69) is 11.8 Å². The number of carbonyl (C=O) groups excluding carboxylic acids is 1. The Bertz CT molecular complexity index is 1380. The van der Waals surface area contributed by atoms with Gasteiger partial charge in [0.05, 0.1) is 18.6 Å². The molecule has 196 valence electrons. The summed E-state index contributed by atoms with van der Waals surface area (Å²) in [5, 5.41) is 5.06. The molecule has 0 spiro atoms. The molecular formula is C23H25F3N2O6S2. The molecule has 0 fully saturated rings. The van der Waals surface area contributed by atoms with Gasteiger partial charge in [0, 0.05) is 11.5 Å². The summed E-state index contributed by atoms with van der Waals surface area (Å²) in [4.78, 5) is 11.2. The van der Waals surface area contributed by atoms with Crippen LogP contribution in [0.3, 0.4) is 0 Å². The van der Waals surface area contributed by atoms with Crippen LogP contribution in [0.2, 0.25) is 0 Å². The van der Waals surface area contributed by atoms with E-state index in [4.69, 9.17) is 9.88 Å². The molecular weight excluding hydrogens is 521 g/mol. The van der Waals surface area contributed by atoms with Crippen molar-refractivity contribution in [2.24, 2.45) is 11.1 Å². The minimum atomic E-state index is -4.68. The van der Waals surface area contributed by atoms with Crippen LogP contribution in [-0.2, 0) is 20.0 Å². The van der Waals surface area contributed by atoms with Gasteiger partial charge in [-0.3, -0.25) is 4.79 Å². The summed E-state index contributed by atoms with van der Waals surface area (Å²) in [5.41, 5.74) is -0.0417. The molecule has 36 heavy (non-hydrogen) atoms. The Hall–Kier alpha value is -3.08. The maximum absolute atomic E-state index is 12.7. The molecule has 2 rings (SSSR count). The molecule has 1 amide bonds. The number of nitrogens with one attached hydrogen (secondary N) is 1. The van der Waals surface area contributed by atoms with Crippen molar-refractivity contribution in [3.05, 3.63) is 53.6 Å². The molecule has 8 nitrogen and oxygen atoms in total. The molecule has 0 aliphatic heterocycles. The maximum Gasteiger partial charge on any atom is 0.392 e. The lowest BCUT2D eigenvalue weighted by Crippen LogP contribution is -2.32. The zero-order valence-corrected chi connectivity index (χ0v) is 21.1. The quantitative estimate of drug-likeness (QED) is 0.462. The van der Waals surface area contributed by atoms with Gasteiger partial charge in [0.2, 0.25) is 10.0 Å². The van der Waals surface area contributed by atoms with E-state index < -0.39 is 54.9 Å². The molecule has 2 aromatic rings. The van der Waals surface area contributed by atoms with E-state index >= 15 is 0 Å². The predicted octanol–water partition coefficient (Wildman–Crippen LogP) is 3.57. The lowest BCUT2D eigenvalue weighted by atomic mass is 10.1. The number of alkyl halides is 3. The van der Waals surface area contributed by atoms with Gasteiger partial charge in [0.25, 0.3) is 15.9 Å². The van der Waals surface area contributed by atoms with Crippen LogP contribution in [-0.4, -0.2) is 35.5 Å². The zero-order valence-electron chi connectivity index (χ0n) is 19.4. The summed E-state index contributed by atoms with van der Waals surface area (Å²) in [5.74, 6) is 4.48. The number of primary sulfonamides is 1. The minimum Gasteiger partial charge on any atom is -0.492 e. The summed E-state index contributed by atoms with van der Waals surface area (Å²) >= 11 is 0. The Kier molecular flexibility index (Phi) is 9.53. The van der Waals surface area contributed by atoms with E-state index in [-0.39, 0.29) is 22.8 Å². The van der Waals surface area contributed by atoms with Gasteiger partial charge in [0.1, 0.15) is 15.5 Å². The van der Waals surface area contributed by atoms with Crippen LogP contribution >= 0.6 is 0 Å². The summed E-state index contributed by atoms with van der Waals surface area (Å²) < 4.78 is 93.7. The largest absolute Gasteiger partial charge is 0.492 e. The number of sulfonamides is 2. The lowest BCUT2D eigenvalue weighted by Gasteiger charge is -2.13. The molecule has 0 saturated heterocycles. The van der Waals surface area contributed by atoms with Gasteiger partial charge in [-0.15, -0.1) is 0 Å². The van der Waals surface area contributed by atoms with Crippen molar-refractivity contribution < 1.29 is 39.5 Å². The van der Waals surface area contributed by atoms with Crippen molar-refractivity contribution in [2.45, 2.75) is 49.1 Å². The van der Waals surface area contributed by atoms with E-state index in [0.29, 0.717) is 0 Å². The first-order chi connectivity index (χ1) is 16.6. The van der Waals surface area contributed by atoms with Crippen LogP contribution in [0.1, 0.15) is 49.0 Å². The van der Waals surface area contributed by atoms with Crippen LogP contribution in [0.5, 0.6) is 5.75 Å². The molecule has 0 bridgehead atoms. The summed E-state index contributed by atoms with van der Waals surface area (Å²) in [7, 11) is -9.11. The number of halogens is 3. The van der Waals surface area contributed by atoms with E-state index in [0.717, 1.165) is 31.0 Å². The Labute approximate surface area is 208 Å². The monoisotopic (exact) mass is 546 g/mol. The van der Waals surface area contributed by atoms with Gasteiger partial charge in [-0.25, -0.2) is 26.7 Å². The first kappa shape index (κ1) is 29.2. The third-order valence-corrected chi connectivity index (χ3v) is 7.22. The van der Waals surface area contributed by atoms with Gasteiger partial charge >= 0.3 is 6.18 Å². The molecule has 0 heterocycles. The standard InChI is InChI=1S/C23H25F3N2O6S2/c1-3-6-16(2)9-10-17-11-12-18(15-19(17)34-14-13-23(24,25)26)22(29)28-36(32,33)21-8-5-4-7-20(21)35(27,30)31/h4-5,7-8,11-12,15-16H,3,6,13-14H2,1-2H3,(H,28,29)(H2,27,30,31). The number of benzene rings is 2. The first-order valence-electron chi connectivity index (χ1n) is 10.7. The number of hydrogen-bond donors (Lipinski definition) is 2. The van der Waals surface area contributed by atoms with Gasteiger partial charge < -0.3 is 4.74 Å². The Morgan fingerprint density at radius 3 is 2.33 bits per heavy atom. The van der Waals surface area contributed by atoms with E-state index in [1.54, 1.807) is 4.72 Å². The number of nitrogens with two attached hydrogens (primary N) is 1. The summed E-state index contributed by atoms with van der Waals surface area (Å²) in [6.07, 6.45) is -4.04. The average Bonchev–Trinajstić information content (AvgIpc) is 2.76. The number of carbonyl (C=O) groups is 1. The summed E-state index contributed by atoms with van der Waals surface area (Å²) in [6.45, 7) is 3.12. The lowest BCUT2D eigenvalue weighted by molar-refractivity contribution is -0.139.